The van der Waals surface area contributed by atoms with Crippen LogP contribution in [0, 0.1) is 0 Å². The molecule has 0 saturated heterocycles. The van der Waals surface area contributed by atoms with Crippen molar-refractivity contribution in [3.63, 3.8) is 0 Å². The van der Waals surface area contributed by atoms with Crippen molar-refractivity contribution >= 4 is 11.4 Å². The molecule has 0 atom stereocenters. The van der Waals surface area contributed by atoms with Crippen molar-refractivity contribution in [2.45, 2.75) is 26.3 Å². The number of hydrogen-bond donors (Lipinski definition) is 1. The van der Waals surface area contributed by atoms with Gasteiger partial charge in [0, 0.05) is 18.8 Å². The van der Waals surface area contributed by atoms with Gasteiger partial charge in [-0.1, -0.05) is 0 Å². The fraction of sp³-hybridized carbons (Fsp3) is 0.500. The second kappa shape index (κ2) is 3.24. The van der Waals surface area contributed by atoms with Crippen molar-refractivity contribution in [1.29, 1.82) is 0 Å². The number of rotatable bonds is 1. The highest BCUT2D eigenvalue weighted by Crippen LogP contribution is 2.25. The summed E-state index contributed by atoms with van der Waals surface area (Å²) in [5.74, 6) is 0. The summed E-state index contributed by atoms with van der Waals surface area (Å²) < 4.78 is 0. The molecule has 3 heteroatoms. The maximum atomic E-state index is 5.84. The van der Waals surface area contributed by atoms with E-state index < -0.39 is 0 Å². The van der Waals surface area contributed by atoms with Crippen molar-refractivity contribution in [2.75, 3.05) is 17.7 Å². The Kier molecular flexibility index (Phi) is 2.45. The Bertz CT molecular complexity index is 288. The van der Waals surface area contributed by atoms with E-state index >= 15 is 0 Å². The molecule has 72 valence electrons. The number of pyridine rings is 1. The first-order valence-corrected chi connectivity index (χ1v) is 4.36. The highest BCUT2D eigenvalue weighted by atomic mass is 15.2. The van der Waals surface area contributed by atoms with Crippen LogP contribution in [0.15, 0.2) is 18.5 Å². The van der Waals surface area contributed by atoms with Crippen LogP contribution in [-0.4, -0.2) is 17.6 Å². The minimum Gasteiger partial charge on any atom is -0.397 e. The molecule has 0 aromatic carbocycles. The van der Waals surface area contributed by atoms with Gasteiger partial charge in [-0.3, -0.25) is 4.98 Å². The van der Waals surface area contributed by atoms with Gasteiger partial charge in [0.15, 0.2) is 0 Å². The average Bonchev–Trinajstić information content (AvgIpc) is 2.02. The number of hydrogen-bond acceptors (Lipinski definition) is 3. The Hall–Kier alpha value is -1.25. The summed E-state index contributed by atoms with van der Waals surface area (Å²) in [6, 6.07) is 1.82. The molecule has 0 amide bonds. The highest BCUT2D eigenvalue weighted by Gasteiger charge is 2.18. The number of nitrogens with zero attached hydrogens (tertiary/aromatic N) is 2. The lowest BCUT2D eigenvalue weighted by Crippen LogP contribution is -2.38. The third kappa shape index (κ3) is 2.11. The lowest BCUT2D eigenvalue weighted by Gasteiger charge is -2.34. The molecule has 0 aliphatic heterocycles. The second-order valence-electron chi connectivity index (χ2n) is 4.16. The van der Waals surface area contributed by atoms with E-state index in [0.717, 1.165) is 11.4 Å². The number of aromatic nitrogens is 1. The van der Waals surface area contributed by atoms with Gasteiger partial charge < -0.3 is 10.6 Å². The molecular weight excluding hydrogens is 162 g/mol. The first kappa shape index (κ1) is 9.84. The minimum absolute atomic E-state index is 0.0666. The molecule has 0 spiro atoms. The Morgan fingerprint density at radius 1 is 1.38 bits per heavy atom. The SMILES string of the molecule is CN(c1cnccc1N)C(C)(C)C. The van der Waals surface area contributed by atoms with Gasteiger partial charge in [-0.25, -0.2) is 0 Å². The van der Waals surface area contributed by atoms with Gasteiger partial charge in [-0.15, -0.1) is 0 Å². The molecule has 0 fully saturated rings. The molecule has 0 bridgehead atoms. The monoisotopic (exact) mass is 179 g/mol. The zero-order chi connectivity index (χ0) is 10.1. The van der Waals surface area contributed by atoms with Gasteiger partial charge >= 0.3 is 0 Å². The predicted molar refractivity (Wildman–Crippen MR) is 56.8 cm³/mol. The zero-order valence-electron chi connectivity index (χ0n) is 8.70. The number of anilines is 2. The van der Waals surface area contributed by atoms with Crippen LogP contribution in [-0.2, 0) is 0 Å². The molecule has 0 radical (unpaired) electrons. The molecule has 0 aliphatic rings. The van der Waals surface area contributed by atoms with Gasteiger partial charge in [-0.05, 0) is 26.8 Å². The van der Waals surface area contributed by atoms with Crippen LogP contribution in [0.25, 0.3) is 0 Å². The Labute approximate surface area is 79.6 Å². The average molecular weight is 179 g/mol. The maximum absolute atomic E-state index is 5.84. The van der Waals surface area contributed by atoms with E-state index in [0.29, 0.717) is 0 Å². The normalized spacial score (nSPS) is 11.4. The molecule has 0 unspecified atom stereocenters. The van der Waals surface area contributed by atoms with Crippen molar-refractivity contribution in [3.05, 3.63) is 18.5 Å². The summed E-state index contributed by atoms with van der Waals surface area (Å²) in [5, 5.41) is 0. The third-order valence-electron chi connectivity index (χ3n) is 2.20. The summed E-state index contributed by atoms with van der Waals surface area (Å²) in [5.41, 5.74) is 7.66. The molecular formula is C10H17N3. The quantitative estimate of drug-likeness (QED) is 0.716. The topological polar surface area (TPSA) is 42.2 Å². The second-order valence-corrected chi connectivity index (χ2v) is 4.16. The molecule has 13 heavy (non-hydrogen) atoms. The molecule has 2 N–H and O–H groups in total. The van der Waals surface area contributed by atoms with Gasteiger partial charge in [0.2, 0.25) is 0 Å². The molecule has 1 aromatic heterocycles. The van der Waals surface area contributed by atoms with E-state index in [-0.39, 0.29) is 5.54 Å². The van der Waals surface area contributed by atoms with E-state index in [1.165, 1.54) is 0 Å². The Morgan fingerprint density at radius 2 is 2.00 bits per heavy atom. The standard InChI is InChI=1S/C10H17N3/c1-10(2,3)13(4)9-7-12-6-5-8(9)11/h5-7H,1-4H3,(H2,11,12). The van der Waals surface area contributed by atoms with Crippen LogP contribution in [0.4, 0.5) is 11.4 Å². The van der Waals surface area contributed by atoms with Gasteiger partial charge in [-0.2, -0.15) is 0 Å². The van der Waals surface area contributed by atoms with E-state index in [1.807, 2.05) is 13.1 Å². The van der Waals surface area contributed by atoms with Crippen molar-refractivity contribution in [2.24, 2.45) is 0 Å². The molecule has 1 rings (SSSR count). The van der Waals surface area contributed by atoms with Gasteiger partial charge in [0.05, 0.1) is 17.6 Å². The van der Waals surface area contributed by atoms with Gasteiger partial charge in [0.25, 0.3) is 0 Å². The van der Waals surface area contributed by atoms with E-state index in [9.17, 15) is 0 Å². The van der Waals surface area contributed by atoms with Crippen LogP contribution < -0.4 is 10.6 Å². The third-order valence-corrected chi connectivity index (χ3v) is 2.20. The number of nitrogens with two attached hydrogens (primary N) is 1. The summed E-state index contributed by atoms with van der Waals surface area (Å²) in [6.45, 7) is 6.41. The number of nitrogen functional groups attached to an aromatic ring is 1. The highest BCUT2D eigenvalue weighted by molar-refractivity contribution is 5.66. The molecule has 3 nitrogen and oxygen atoms in total. The fourth-order valence-corrected chi connectivity index (χ4v) is 1.04. The van der Waals surface area contributed by atoms with E-state index in [1.54, 1.807) is 12.4 Å². The summed E-state index contributed by atoms with van der Waals surface area (Å²) >= 11 is 0. The Morgan fingerprint density at radius 3 is 2.46 bits per heavy atom. The van der Waals surface area contributed by atoms with Crippen LogP contribution in [0.1, 0.15) is 20.8 Å². The molecule has 0 aliphatic carbocycles. The zero-order valence-corrected chi connectivity index (χ0v) is 8.70. The maximum Gasteiger partial charge on any atom is 0.0788 e. The summed E-state index contributed by atoms with van der Waals surface area (Å²) in [4.78, 5) is 6.18. The van der Waals surface area contributed by atoms with Crippen LogP contribution in [0.2, 0.25) is 0 Å². The summed E-state index contributed by atoms with van der Waals surface area (Å²) in [6.07, 6.45) is 3.50. The minimum atomic E-state index is 0.0666. The predicted octanol–water partition coefficient (Wildman–Crippen LogP) is 1.90. The lowest BCUT2D eigenvalue weighted by atomic mass is 10.1. The van der Waals surface area contributed by atoms with Crippen LogP contribution in [0.5, 0.6) is 0 Å². The van der Waals surface area contributed by atoms with Crippen LogP contribution >= 0.6 is 0 Å². The largest absolute Gasteiger partial charge is 0.397 e. The Balaban J connectivity index is 3.02. The van der Waals surface area contributed by atoms with Gasteiger partial charge in [0.1, 0.15) is 0 Å². The molecule has 0 saturated carbocycles. The summed E-state index contributed by atoms with van der Waals surface area (Å²) in [7, 11) is 2.02. The van der Waals surface area contributed by atoms with E-state index in [4.69, 9.17) is 5.73 Å². The smallest absolute Gasteiger partial charge is 0.0788 e. The molecule has 1 aromatic rings. The lowest BCUT2D eigenvalue weighted by molar-refractivity contribution is 0.539. The van der Waals surface area contributed by atoms with Crippen molar-refractivity contribution in [1.82, 2.24) is 4.98 Å². The van der Waals surface area contributed by atoms with E-state index in [2.05, 4.69) is 30.7 Å². The molecule has 1 heterocycles. The van der Waals surface area contributed by atoms with Crippen molar-refractivity contribution < 1.29 is 0 Å². The fourth-order valence-electron chi connectivity index (χ4n) is 1.04. The van der Waals surface area contributed by atoms with Crippen LogP contribution in [0.3, 0.4) is 0 Å². The first-order valence-electron chi connectivity index (χ1n) is 4.36. The first-order chi connectivity index (χ1) is 5.93. The van der Waals surface area contributed by atoms with Crippen molar-refractivity contribution in [3.8, 4) is 0 Å².